The van der Waals surface area contributed by atoms with Gasteiger partial charge >= 0.3 is 0 Å². The predicted molar refractivity (Wildman–Crippen MR) is 105 cm³/mol. The second-order valence-electron chi connectivity index (χ2n) is 5.10. The van der Waals surface area contributed by atoms with Crippen LogP contribution in [0.3, 0.4) is 0 Å². The van der Waals surface area contributed by atoms with Crippen LogP contribution >= 0.6 is 46.4 Å². The zero-order valence-electron chi connectivity index (χ0n) is 13.2. The summed E-state index contributed by atoms with van der Waals surface area (Å²) in [5.74, 6) is 1.27. The lowest BCUT2D eigenvalue weighted by atomic mass is 10.2. The quantitative estimate of drug-likeness (QED) is 0.266. The highest BCUT2D eigenvalue weighted by molar-refractivity contribution is 6.43. The Morgan fingerprint density at radius 1 is 1.04 bits per heavy atom. The number of nitrogens with one attached hydrogen (secondary N) is 1. The fourth-order valence-corrected chi connectivity index (χ4v) is 2.80. The van der Waals surface area contributed by atoms with Crippen molar-refractivity contribution in [3.63, 3.8) is 0 Å². The van der Waals surface area contributed by atoms with E-state index in [1.807, 2.05) is 32.0 Å². The van der Waals surface area contributed by atoms with Crippen LogP contribution in [-0.2, 0) is 0 Å². The molecule has 0 bridgehead atoms. The molecule has 128 valence electrons. The van der Waals surface area contributed by atoms with Crippen molar-refractivity contribution in [2.45, 2.75) is 13.8 Å². The summed E-state index contributed by atoms with van der Waals surface area (Å²) >= 11 is 23.8. The van der Waals surface area contributed by atoms with Gasteiger partial charge in [-0.25, -0.2) is 0 Å². The standard InChI is InChI=1S/C17H16Cl4N2O/c1-10-7-12(18)3-4-16(10)23-11(2)22-5-6-24-17-9-14(20)13(19)8-15(17)21/h3-4,7-9H,5-6H2,1-2H3,(H,22,23). The molecule has 2 rings (SSSR count). The Morgan fingerprint density at radius 2 is 1.75 bits per heavy atom. The van der Waals surface area contributed by atoms with Crippen LogP contribution in [0, 0.1) is 6.92 Å². The minimum Gasteiger partial charge on any atom is -0.490 e. The van der Waals surface area contributed by atoms with Crippen LogP contribution in [0.2, 0.25) is 20.1 Å². The number of aliphatic imine (C=N–C) groups is 1. The number of aryl methyl sites for hydroxylation is 1. The summed E-state index contributed by atoms with van der Waals surface area (Å²) in [5, 5.41) is 5.15. The number of halogens is 4. The van der Waals surface area contributed by atoms with Gasteiger partial charge in [-0.2, -0.15) is 0 Å². The first-order chi connectivity index (χ1) is 11.4. The molecule has 0 aliphatic carbocycles. The van der Waals surface area contributed by atoms with E-state index >= 15 is 0 Å². The molecule has 0 fully saturated rings. The monoisotopic (exact) mass is 404 g/mol. The van der Waals surface area contributed by atoms with Crippen molar-refractivity contribution in [2.75, 3.05) is 18.5 Å². The molecule has 0 radical (unpaired) electrons. The van der Waals surface area contributed by atoms with Crippen LogP contribution in [0.1, 0.15) is 12.5 Å². The van der Waals surface area contributed by atoms with Gasteiger partial charge in [-0.1, -0.05) is 46.4 Å². The Morgan fingerprint density at radius 3 is 2.46 bits per heavy atom. The molecule has 0 saturated carbocycles. The van der Waals surface area contributed by atoms with E-state index in [0.717, 1.165) is 17.1 Å². The molecule has 0 aromatic heterocycles. The van der Waals surface area contributed by atoms with Crippen molar-refractivity contribution in [3.05, 3.63) is 56.0 Å². The molecule has 2 aromatic rings. The molecule has 2 aromatic carbocycles. The number of hydrogen-bond donors (Lipinski definition) is 1. The zero-order valence-corrected chi connectivity index (χ0v) is 16.2. The van der Waals surface area contributed by atoms with Crippen LogP contribution in [0.25, 0.3) is 0 Å². The average Bonchev–Trinajstić information content (AvgIpc) is 2.51. The Labute approximate surface area is 161 Å². The summed E-state index contributed by atoms with van der Waals surface area (Å²) < 4.78 is 5.59. The lowest BCUT2D eigenvalue weighted by molar-refractivity contribution is 0.329. The second-order valence-corrected chi connectivity index (χ2v) is 6.75. The smallest absolute Gasteiger partial charge is 0.139 e. The van der Waals surface area contributed by atoms with Crippen LogP contribution in [0.4, 0.5) is 5.69 Å². The van der Waals surface area contributed by atoms with Crippen molar-refractivity contribution in [1.29, 1.82) is 0 Å². The fourth-order valence-electron chi connectivity index (χ4n) is 1.99. The van der Waals surface area contributed by atoms with E-state index in [1.54, 1.807) is 12.1 Å². The predicted octanol–water partition coefficient (Wildman–Crippen LogP) is 6.52. The Bertz CT molecular complexity index is 762. The molecule has 0 aliphatic heterocycles. The Kier molecular flexibility index (Phi) is 7.05. The largest absolute Gasteiger partial charge is 0.490 e. The molecular weight excluding hydrogens is 390 g/mol. The number of ether oxygens (including phenoxy) is 1. The van der Waals surface area contributed by atoms with E-state index in [4.69, 9.17) is 51.1 Å². The van der Waals surface area contributed by atoms with Crippen LogP contribution in [0.15, 0.2) is 35.3 Å². The summed E-state index contributed by atoms with van der Waals surface area (Å²) in [6, 6.07) is 8.80. The van der Waals surface area contributed by atoms with Crippen molar-refractivity contribution in [1.82, 2.24) is 0 Å². The highest BCUT2D eigenvalue weighted by Crippen LogP contribution is 2.33. The van der Waals surface area contributed by atoms with Gasteiger partial charge in [0, 0.05) is 16.8 Å². The zero-order chi connectivity index (χ0) is 17.7. The molecule has 1 N–H and O–H groups in total. The van der Waals surface area contributed by atoms with Crippen molar-refractivity contribution in [3.8, 4) is 5.75 Å². The van der Waals surface area contributed by atoms with Crippen LogP contribution < -0.4 is 10.1 Å². The molecule has 0 aliphatic rings. The molecule has 7 heteroatoms. The highest BCUT2D eigenvalue weighted by Gasteiger charge is 2.07. The minimum atomic E-state index is 0.371. The number of anilines is 1. The normalized spacial score (nSPS) is 11.5. The van der Waals surface area contributed by atoms with Crippen molar-refractivity contribution in [2.24, 2.45) is 4.99 Å². The first kappa shape index (κ1) is 19.2. The van der Waals surface area contributed by atoms with E-state index in [0.29, 0.717) is 39.0 Å². The van der Waals surface area contributed by atoms with Crippen LogP contribution in [-0.4, -0.2) is 19.0 Å². The minimum absolute atomic E-state index is 0.371. The van der Waals surface area contributed by atoms with Gasteiger partial charge in [-0.05, 0) is 43.7 Å². The van der Waals surface area contributed by atoms with E-state index in [-0.39, 0.29) is 0 Å². The summed E-state index contributed by atoms with van der Waals surface area (Å²) in [5.41, 5.74) is 2.02. The maximum atomic E-state index is 6.05. The molecule has 0 heterocycles. The molecule has 3 nitrogen and oxygen atoms in total. The number of nitrogens with zero attached hydrogens (tertiary/aromatic N) is 1. The van der Waals surface area contributed by atoms with Gasteiger partial charge in [-0.15, -0.1) is 0 Å². The summed E-state index contributed by atoms with van der Waals surface area (Å²) in [4.78, 5) is 4.41. The maximum absolute atomic E-state index is 6.05. The molecule has 0 unspecified atom stereocenters. The first-order valence-corrected chi connectivity index (χ1v) is 8.69. The molecular formula is C17H16Cl4N2O. The van der Waals surface area contributed by atoms with E-state index < -0.39 is 0 Å². The van der Waals surface area contributed by atoms with Crippen LogP contribution in [0.5, 0.6) is 5.75 Å². The van der Waals surface area contributed by atoms with Gasteiger partial charge in [0.1, 0.15) is 12.4 Å². The third kappa shape index (κ3) is 5.45. The SMILES string of the molecule is CC(=NCCOc1cc(Cl)c(Cl)cc1Cl)Nc1ccc(Cl)cc1C. The van der Waals surface area contributed by atoms with E-state index in [9.17, 15) is 0 Å². The molecule has 24 heavy (non-hydrogen) atoms. The van der Waals surface area contributed by atoms with Gasteiger partial charge < -0.3 is 10.1 Å². The third-order valence-electron chi connectivity index (χ3n) is 3.18. The molecule has 0 spiro atoms. The van der Waals surface area contributed by atoms with Crippen molar-refractivity contribution < 1.29 is 4.74 Å². The summed E-state index contributed by atoms with van der Waals surface area (Å²) in [6.45, 7) is 4.72. The molecule has 0 saturated heterocycles. The second kappa shape index (κ2) is 8.82. The maximum Gasteiger partial charge on any atom is 0.139 e. The lowest BCUT2D eigenvalue weighted by Crippen LogP contribution is -2.11. The molecule has 0 amide bonds. The van der Waals surface area contributed by atoms with Gasteiger partial charge in [0.2, 0.25) is 0 Å². The number of hydrogen-bond acceptors (Lipinski definition) is 2. The lowest BCUT2D eigenvalue weighted by Gasteiger charge is -2.10. The topological polar surface area (TPSA) is 33.6 Å². The summed E-state index contributed by atoms with van der Waals surface area (Å²) in [6.07, 6.45) is 0. The van der Waals surface area contributed by atoms with E-state index in [1.165, 1.54) is 0 Å². The van der Waals surface area contributed by atoms with Gasteiger partial charge in [0.05, 0.1) is 27.4 Å². The summed E-state index contributed by atoms with van der Waals surface area (Å²) in [7, 11) is 0. The Hall–Kier alpha value is -1.13. The van der Waals surface area contributed by atoms with Gasteiger partial charge in [-0.3, -0.25) is 4.99 Å². The molecule has 0 atom stereocenters. The number of benzene rings is 2. The Balaban J connectivity index is 1.88. The number of rotatable bonds is 5. The van der Waals surface area contributed by atoms with E-state index in [2.05, 4.69) is 10.3 Å². The average molecular weight is 406 g/mol. The van der Waals surface area contributed by atoms with Gasteiger partial charge in [0.25, 0.3) is 0 Å². The first-order valence-electron chi connectivity index (χ1n) is 7.18. The third-order valence-corrected chi connectivity index (χ3v) is 4.43. The highest BCUT2D eigenvalue weighted by atomic mass is 35.5. The fraction of sp³-hybridized carbons (Fsp3) is 0.235. The number of amidine groups is 1. The van der Waals surface area contributed by atoms with Crippen molar-refractivity contribution >= 4 is 57.9 Å². The van der Waals surface area contributed by atoms with Gasteiger partial charge in [0.15, 0.2) is 0 Å².